The van der Waals surface area contributed by atoms with E-state index in [4.69, 9.17) is 5.73 Å². The van der Waals surface area contributed by atoms with Crippen LogP contribution in [0.3, 0.4) is 0 Å². The van der Waals surface area contributed by atoms with E-state index < -0.39 is 11.8 Å². The number of anilines is 1. The van der Waals surface area contributed by atoms with E-state index in [9.17, 15) is 9.18 Å². The Morgan fingerprint density at radius 2 is 1.85 bits per heavy atom. The fourth-order valence-electron chi connectivity index (χ4n) is 1.73. The Bertz CT molecular complexity index is 587. The van der Waals surface area contributed by atoms with E-state index in [1.807, 2.05) is 30.3 Å². The molecular weight excluding hydrogens is 257 g/mol. The summed E-state index contributed by atoms with van der Waals surface area (Å²) in [7, 11) is 0. The Hall–Kier alpha value is -2.40. The van der Waals surface area contributed by atoms with E-state index in [0.717, 1.165) is 5.56 Å². The van der Waals surface area contributed by atoms with Crippen LogP contribution in [0.15, 0.2) is 48.5 Å². The summed E-state index contributed by atoms with van der Waals surface area (Å²) in [6, 6.07) is 13.5. The van der Waals surface area contributed by atoms with Crippen molar-refractivity contribution in [1.82, 2.24) is 5.32 Å². The maximum Gasteiger partial charge on any atom is 0.319 e. The molecule has 0 aromatic heterocycles. The summed E-state index contributed by atoms with van der Waals surface area (Å²) in [5.74, 6) is -0.497. The predicted molar refractivity (Wildman–Crippen MR) is 76.6 cm³/mol. The molecule has 0 fully saturated rings. The highest BCUT2D eigenvalue weighted by atomic mass is 19.1. The van der Waals surface area contributed by atoms with Crippen LogP contribution < -0.4 is 16.4 Å². The van der Waals surface area contributed by atoms with Crippen LogP contribution in [0.2, 0.25) is 0 Å². The smallest absolute Gasteiger partial charge is 0.319 e. The number of halogens is 1. The first-order valence-electron chi connectivity index (χ1n) is 6.26. The third-order valence-corrected chi connectivity index (χ3v) is 2.81. The maximum absolute atomic E-state index is 13.7. The molecule has 0 aliphatic carbocycles. The topological polar surface area (TPSA) is 67.1 Å². The molecule has 0 saturated heterocycles. The Labute approximate surface area is 116 Å². The highest BCUT2D eigenvalue weighted by molar-refractivity contribution is 5.89. The quantitative estimate of drug-likeness (QED) is 0.801. The monoisotopic (exact) mass is 273 g/mol. The summed E-state index contributed by atoms with van der Waals surface area (Å²) >= 11 is 0. The molecule has 5 heteroatoms. The average Bonchev–Trinajstić information content (AvgIpc) is 2.48. The van der Waals surface area contributed by atoms with Gasteiger partial charge in [0, 0.05) is 13.1 Å². The molecule has 2 rings (SSSR count). The summed E-state index contributed by atoms with van der Waals surface area (Å²) < 4.78 is 13.7. The number of hydrogen-bond acceptors (Lipinski definition) is 2. The molecule has 2 amide bonds. The van der Waals surface area contributed by atoms with Crippen LogP contribution in [0, 0.1) is 5.82 Å². The molecule has 104 valence electrons. The second-order valence-corrected chi connectivity index (χ2v) is 4.31. The molecular formula is C15H16FN3O. The predicted octanol–water partition coefficient (Wildman–Crippen LogP) is 2.61. The largest absolute Gasteiger partial charge is 0.334 e. The number of nitrogens with one attached hydrogen (secondary N) is 2. The molecule has 0 atom stereocenters. The van der Waals surface area contributed by atoms with Gasteiger partial charge >= 0.3 is 6.03 Å². The van der Waals surface area contributed by atoms with Gasteiger partial charge in [0.15, 0.2) is 0 Å². The van der Waals surface area contributed by atoms with E-state index in [-0.39, 0.29) is 12.2 Å². The lowest BCUT2D eigenvalue weighted by Gasteiger charge is -2.09. The maximum atomic E-state index is 13.7. The van der Waals surface area contributed by atoms with Crippen molar-refractivity contribution in [3.8, 4) is 0 Å². The lowest BCUT2D eigenvalue weighted by molar-refractivity contribution is 0.251. The number of amides is 2. The van der Waals surface area contributed by atoms with E-state index in [0.29, 0.717) is 12.1 Å². The Balaban J connectivity index is 1.91. The lowest BCUT2D eigenvalue weighted by Crippen LogP contribution is -2.28. The van der Waals surface area contributed by atoms with Crippen molar-refractivity contribution < 1.29 is 9.18 Å². The van der Waals surface area contributed by atoms with Crippen LogP contribution in [0.25, 0.3) is 0 Å². The van der Waals surface area contributed by atoms with Gasteiger partial charge in [0.25, 0.3) is 0 Å². The fourth-order valence-corrected chi connectivity index (χ4v) is 1.73. The first kappa shape index (κ1) is 14.0. The third kappa shape index (κ3) is 3.80. The molecule has 0 aliphatic heterocycles. The molecule has 4 N–H and O–H groups in total. The number of urea groups is 1. The van der Waals surface area contributed by atoms with E-state index in [2.05, 4.69) is 10.6 Å². The van der Waals surface area contributed by atoms with Gasteiger partial charge in [-0.25, -0.2) is 9.18 Å². The molecule has 4 nitrogen and oxygen atoms in total. The van der Waals surface area contributed by atoms with Crippen molar-refractivity contribution in [3.05, 3.63) is 65.5 Å². The first-order valence-corrected chi connectivity index (χ1v) is 6.26. The van der Waals surface area contributed by atoms with E-state index in [1.165, 1.54) is 12.1 Å². The molecule has 20 heavy (non-hydrogen) atoms. The Kier molecular flexibility index (Phi) is 4.68. The van der Waals surface area contributed by atoms with E-state index >= 15 is 0 Å². The standard InChI is InChI=1S/C15H16FN3O/c16-13-8-12(9-17)6-7-14(13)19-15(20)18-10-11-4-2-1-3-5-11/h1-8H,9-10,17H2,(H2,18,19,20). The zero-order chi connectivity index (χ0) is 14.4. The van der Waals surface area contributed by atoms with Crippen molar-refractivity contribution in [2.24, 2.45) is 5.73 Å². The fraction of sp³-hybridized carbons (Fsp3) is 0.133. The summed E-state index contributed by atoms with van der Waals surface area (Å²) in [6.07, 6.45) is 0. The van der Waals surface area contributed by atoms with Crippen LogP contribution in [-0.4, -0.2) is 6.03 Å². The zero-order valence-electron chi connectivity index (χ0n) is 10.9. The third-order valence-electron chi connectivity index (χ3n) is 2.81. The van der Waals surface area contributed by atoms with Gasteiger partial charge in [-0.2, -0.15) is 0 Å². The van der Waals surface area contributed by atoms with Gasteiger partial charge in [-0.1, -0.05) is 36.4 Å². The summed E-state index contributed by atoms with van der Waals surface area (Å²) in [5.41, 5.74) is 7.20. The molecule has 0 heterocycles. The van der Waals surface area contributed by atoms with Crippen LogP contribution >= 0.6 is 0 Å². The minimum absolute atomic E-state index is 0.132. The normalized spacial score (nSPS) is 10.1. The van der Waals surface area contributed by atoms with Crippen LogP contribution in [0.5, 0.6) is 0 Å². The van der Waals surface area contributed by atoms with Gasteiger partial charge < -0.3 is 16.4 Å². The van der Waals surface area contributed by atoms with E-state index in [1.54, 1.807) is 6.07 Å². The van der Waals surface area contributed by atoms with Crippen LogP contribution in [-0.2, 0) is 13.1 Å². The second kappa shape index (κ2) is 6.68. The number of nitrogens with two attached hydrogens (primary N) is 1. The minimum atomic E-state index is -0.497. The minimum Gasteiger partial charge on any atom is -0.334 e. The second-order valence-electron chi connectivity index (χ2n) is 4.31. The molecule has 0 aliphatic rings. The molecule has 0 spiro atoms. The number of rotatable bonds is 4. The van der Waals surface area contributed by atoms with Crippen molar-refractivity contribution >= 4 is 11.7 Å². The molecule has 2 aromatic rings. The van der Waals surface area contributed by atoms with Gasteiger partial charge in [0.1, 0.15) is 5.82 Å². The Morgan fingerprint density at radius 1 is 1.10 bits per heavy atom. The van der Waals surface area contributed by atoms with Crippen molar-refractivity contribution in [1.29, 1.82) is 0 Å². The number of carbonyl (C=O) groups excluding carboxylic acids is 1. The number of hydrogen-bond donors (Lipinski definition) is 3. The lowest BCUT2D eigenvalue weighted by atomic mass is 10.2. The molecule has 2 aromatic carbocycles. The highest BCUT2D eigenvalue weighted by Crippen LogP contribution is 2.15. The first-order chi connectivity index (χ1) is 9.69. The van der Waals surface area contributed by atoms with Crippen LogP contribution in [0.4, 0.5) is 14.9 Å². The Morgan fingerprint density at radius 3 is 2.50 bits per heavy atom. The van der Waals surface area contributed by atoms with Crippen molar-refractivity contribution in [2.75, 3.05) is 5.32 Å². The van der Waals surface area contributed by atoms with Crippen molar-refractivity contribution in [2.45, 2.75) is 13.1 Å². The molecule has 0 saturated carbocycles. The summed E-state index contributed by atoms with van der Waals surface area (Å²) in [4.78, 5) is 11.7. The highest BCUT2D eigenvalue weighted by Gasteiger charge is 2.07. The molecule has 0 unspecified atom stereocenters. The van der Waals surface area contributed by atoms with Gasteiger partial charge in [0.2, 0.25) is 0 Å². The van der Waals surface area contributed by atoms with Gasteiger partial charge in [-0.05, 0) is 23.3 Å². The summed E-state index contributed by atoms with van der Waals surface area (Å²) in [5, 5.41) is 5.13. The molecule has 0 radical (unpaired) electrons. The van der Waals surface area contributed by atoms with Crippen LogP contribution in [0.1, 0.15) is 11.1 Å². The SMILES string of the molecule is NCc1ccc(NC(=O)NCc2ccccc2)c(F)c1. The zero-order valence-corrected chi connectivity index (χ0v) is 10.9. The average molecular weight is 273 g/mol. The van der Waals surface area contributed by atoms with Gasteiger partial charge in [-0.3, -0.25) is 0 Å². The van der Waals surface area contributed by atoms with Gasteiger partial charge in [-0.15, -0.1) is 0 Å². The molecule has 0 bridgehead atoms. The number of carbonyl (C=O) groups is 1. The number of benzene rings is 2. The summed E-state index contributed by atoms with van der Waals surface area (Å²) in [6.45, 7) is 0.645. The van der Waals surface area contributed by atoms with Crippen molar-refractivity contribution in [3.63, 3.8) is 0 Å². The van der Waals surface area contributed by atoms with Gasteiger partial charge in [0.05, 0.1) is 5.69 Å².